The van der Waals surface area contributed by atoms with Gasteiger partial charge in [0.05, 0.1) is 9.37 Å². The molecular weight excluding hydrogens is 318 g/mol. The Bertz CT molecular complexity index is 681. The molecular formula is C12H10BrNO3S. The first-order chi connectivity index (χ1) is 8.38. The largest absolute Gasteiger partial charge is 0.618 e. The zero-order valence-electron chi connectivity index (χ0n) is 9.50. The van der Waals surface area contributed by atoms with E-state index in [1.165, 1.54) is 18.3 Å². The van der Waals surface area contributed by atoms with Gasteiger partial charge in [0.15, 0.2) is 16.0 Å². The molecule has 1 aromatic carbocycles. The monoisotopic (exact) mass is 327 g/mol. The Balaban J connectivity index is 2.47. The Morgan fingerprint density at radius 1 is 1.11 bits per heavy atom. The molecule has 18 heavy (non-hydrogen) atoms. The fourth-order valence-electron chi connectivity index (χ4n) is 1.55. The van der Waals surface area contributed by atoms with Gasteiger partial charge in [0.1, 0.15) is 0 Å². The van der Waals surface area contributed by atoms with Crippen LogP contribution in [0, 0.1) is 5.21 Å². The summed E-state index contributed by atoms with van der Waals surface area (Å²) < 4.78 is 24.1. The van der Waals surface area contributed by atoms with Gasteiger partial charge in [-0.2, -0.15) is 4.73 Å². The SMILES string of the molecule is CS(=O)(=O)c1ccc(-c2ccc(Br)c[n+]2[O-])cc1. The third-order valence-corrected chi connectivity index (χ3v) is 4.05. The minimum Gasteiger partial charge on any atom is -0.618 e. The highest BCUT2D eigenvalue weighted by molar-refractivity contribution is 9.10. The second-order valence-electron chi connectivity index (χ2n) is 3.85. The third kappa shape index (κ3) is 2.70. The molecule has 0 spiro atoms. The van der Waals surface area contributed by atoms with Gasteiger partial charge in [0, 0.05) is 17.9 Å². The molecule has 94 valence electrons. The van der Waals surface area contributed by atoms with Crippen molar-refractivity contribution in [2.45, 2.75) is 4.90 Å². The predicted molar refractivity (Wildman–Crippen MR) is 71.6 cm³/mol. The van der Waals surface area contributed by atoms with Crippen LogP contribution in [0.3, 0.4) is 0 Å². The summed E-state index contributed by atoms with van der Waals surface area (Å²) in [6, 6.07) is 9.65. The summed E-state index contributed by atoms with van der Waals surface area (Å²) in [7, 11) is -3.21. The minimum atomic E-state index is -3.21. The zero-order chi connectivity index (χ0) is 13.3. The molecule has 6 heteroatoms. The van der Waals surface area contributed by atoms with E-state index in [1.54, 1.807) is 24.3 Å². The van der Waals surface area contributed by atoms with Crippen molar-refractivity contribution in [2.24, 2.45) is 0 Å². The maximum absolute atomic E-state index is 11.7. The number of sulfone groups is 1. The van der Waals surface area contributed by atoms with Crippen molar-refractivity contribution in [3.8, 4) is 11.3 Å². The van der Waals surface area contributed by atoms with E-state index in [0.29, 0.717) is 15.7 Å². The molecule has 0 bridgehead atoms. The Labute approximate surface area is 114 Å². The molecule has 0 saturated carbocycles. The van der Waals surface area contributed by atoms with Crippen LogP contribution < -0.4 is 4.73 Å². The summed E-state index contributed by atoms with van der Waals surface area (Å²) in [6.45, 7) is 0. The van der Waals surface area contributed by atoms with Crippen molar-refractivity contribution in [1.82, 2.24) is 0 Å². The van der Waals surface area contributed by atoms with Crippen molar-refractivity contribution in [2.75, 3.05) is 6.26 Å². The van der Waals surface area contributed by atoms with E-state index in [-0.39, 0.29) is 4.90 Å². The number of rotatable bonds is 2. The number of hydrogen-bond acceptors (Lipinski definition) is 3. The minimum absolute atomic E-state index is 0.237. The van der Waals surface area contributed by atoms with Gasteiger partial charge in [-0.05, 0) is 46.3 Å². The molecule has 0 aliphatic rings. The Kier molecular flexibility index (Phi) is 3.41. The fourth-order valence-corrected chi connectivity index (χ4v) is 2.50. The molecule has 0 N–H and O–H groups in total. The van der Waals surface area contributed by atoms with E-state index < -0.39 is 9.84 Å². The lowest BCUT2D eigenvalue weighted by Crippen LogP contribution is -2.28. The molecule has 0 aliphatic heterocycles. The Morgan fingerprint density at radius 2 is 1.72 bits per heavy atom. The topological polar surface area (TPSA) is 61.1 Å². The smallest absolute Gasteiger partial charge is 0.223 e. The molecule has 1 aromatic heterocycles. The summed E-state index contributed by atoms with van der Waals surface area (Å²) >= 11 is 3.21. The van der Waals surface area contributed by atoms with Gasteiger partial charge in [-0.1, -0.05) is 0 Å². The zero-order valence-corrected chi connectivity index (χ0v) is 11.9. The molecule has 0 radical (unpaired) electrons. The molecule has 2 rings (SSSR count). The maximum Gasteiger partial charge on any atom is 0.223 e. The molecule has 4 nitrogen and oxygen atoms in total. The average molecular weight is 328 g/mol. The summed E-state index contributed by atoms with van der Waals surface area (Å²) in [5.74, 6) is 0. The van der Waals surface area contributed by atoms with Crippen molar-refractivity contribution >= 4 is 25.8 Å². The van der Waals surface area contributed by atoms with Crippen LogP contribution in [0.1, 0.15) is 0 Å². The van der Waals surface area contributed by atoms with Crippen molar-refractivity contribution < 1.29 is 13.1 Å². The summed E-state index contributed by atoms with van der Waals surface area (Å²) in [6.07, 6.45) is 2.55. The number of aromatic nitrogens is 1. The van der Waals surface area contributed by atoms with Crippen LogP contribution in [0.4, 0.5) is 0 Å². The molecule has 0 fully saturated rings. The number of halogens is 1. The summed E-state index contributed by atoms with van der Waals surface area (Å²) in [5, 5.41) is 11.7. The lowest BCUT2D eigenvalue weighted by molar-refractivity contribution is -0.594. The molecule has 0 atom stereocenters. The number of nitrogens with zero attached hydrogens (tertiary/aromatic N) is 1. The predicted octanol–water partition coefficient (Wildman–Crippen LogP) is 2.15. The molecule has 0 unspecified atom stereocenters. The van der Waals surface area contributed by atoms with Gasteiger partial charge >= 0.3 is 0 Å². The summed E-state index contributed by atoms with van der Waals surface area (Å²) in [5.41, 5.74) is 1.14. The normalized spacial score (nSPS) is 11.4. The third-order valence-electron chi connectivity index (χ3n) is 2.46. The van der Waals surface area contributed by atoms with Crippen molar-refractivity contribution in [3.63, 3.8) is 0 Å². The molecule has 0 amide bonds. The van der Waals surface area contributed by atoms with Crippen LogP contribution in [0.25, 0.3) is 11.3 Å². The molecule has 0 saturated heterocycles. The maximum atomic E-state index is 11.7. The van der Waals surface area contributed by atoms with E-state index in [9.17, 15) is 13.6 Å². The molecule has 2 aromatic rings. The highest BCUT2D eigenvalue weighted by Crippen LogP contribution is 2.19. The standard InChI is InChI=1S/C12H10BrNO3S/c1-18(16,17)11-5-2-9(3-6-11)12-7-4-10(13)8-14(12)15/h2-8H,1H3. The van der Waals surface area contributed by atoms with Crippen LogP contribution in [0.15, 0.2) is 52.0 Å². The van der Waals surface area contributed by atoms with E-state index in [1.807, 2.05) is 0 Å². The lowest BCUT2D eigenvalue weighted by atomic mass is 10.1. The van der Waals surface area contributed by atoms with E-state index in [0.717, 1.165) is 11.0 Å². The first-order valence-corrected chi connectivity index (χ1v) is 7.75. The Hall–Kier alpha value is -1.40. The van der Waals surface area contributed by atoms with Gasteiger partial charge in [0.25, 0.3) is 0 Å². The quantitative estimate of drug-likeness (QED) is 0.627. The number of hydrogen-bond donors (Lipinski definition) is 0. The van der Waals surface area contributed by atoms with Crippen LogP contribution >= 0.6 is 15.9 Å². The van der Waals surface area contributed by atoms with Crippen LogP contribution in [-0.4, -0.2) is 14.7 Å². The van der Waals surface area contributed by atoms with Crippen LogP contribution in [-0.2, 0) is 9.84 Å². The highest BCUT2D eigenvalue weighted by atomic mass is 79.9. The van der Waals surface area contributed by atoms with E-state index >= 15 is 0 Å². The van der Waals surface area contributed by atoms with E-state index in [2.05, 4.69) is 15.9 Å². The number of pyridine rings is 1. The second kappa shape index (κ2) is 4.70. The van der Waals surface area contributed by atoms with Gasteiger partial charge in [-0.15, -0.1) is 0 Å². The van der Waals surface area contributed by atoms with E-state index in [4.69, 9.17) is 0 Å². The van der Waals surface area contributed by atoms with Crippen LogP contribution in [0.2, 0.25) is 0 Å². The number of benzene rings is 1. The lowest BCUT2D eigenvalue weighted by Gasteiger charge is -2.05. The highest BCUT2D eigenvalue weighted by Gasteiger charge is 2.11. The fraction of sp³-hybridized carbons (Fsp3) is 0.0833. The second-order valence-corrected chi connectivity index (χ2v) is 6.79. The molecule has 0 aliphatic carbocycles. The summed E-state index contributed by atoms with van der Waals surface area (Å²) in [4.78, 5) is 0.237. The van der Waals surface area contributed by atoms with Gasteiger partial charge in [0.2, 0.25) is 5.69 Å². The first-order valence-electron chi connectivity index (χ1n) is 5.07. The first kappa shape index (κ1) is 13.0. The average Bonchev–Trinajstić information content (AvgIpc) is 2.28. The van der Waals surface area contributed by atoms with Gasteiger partial charge in [-0.25, -0.2) is 8.42 Å². The van der Waals surface area contributed by atoms with Crippen molar-refractivity contribution in [3.05, 3.63) is 52.3 Å². The van der Waals surface area contributed by atoms with Gasteiger partial charge in [-0.3, -0.25) is 0 Å². The van der Waals surface area contributed by atoms with Crippen molar-refractivity contribution in [1.29, 1.82) is 0 Å². The Morgan fingerprint density at radius 3 is 2.22 bits per heavy atom. The molecule has 1 heterocycles. The van der Waals surface area contributed by atoms with Crippen LogP contribution in [0.5, 0.6) is 0 Å². The van der Waals surface area contributed by atoms with Gasteiger partial charge < -0.3 is 5.21 Å².